The largest absolute Gasteiger partial charge is 0.450 e. The SMILES string of the molecule is Cc1ccc(N2C(=O)/C(=C/c3cc(Br)c(I)o3)C(=O)NC2=S)c(C)c1. The van der Waals surface area contributed by atoms with Gasteiger partial charge in [0.1, 0.15) is 11.3 Å². The minimum absolute atomic E-state index is 0.0359. The lowest BCUT2D eigenvalue weighted by Crippen LogP contribution is -2.54. The Labute approximate surface area is 171 Å². The number of anilines is 1. The lowest BCUT2D eigenvalue weighted by Gasteiger charge is -2.30. The van der Waals surface area contributed by atoms with Crippen molar-refractivity contribution in [1.82, 2.24) is 5.32 Å². The van der Waals surface area contributed by atoms with E-state index in [2.05, 4.69) is 21.2 Å². The molecule has 2 amide bonds. The highest BCUT2D eigenvalue weighted by atomic mass is 127. The number of benzene rings is 1. The van der Waals surface area contributed by atoms with E-state index in [1.165, 1.54) is 11.0 Å². The maximum absolute atomic E-state index is 12.9. The van der Waals surface area contributed by atoms with Gasteiger partial charge in [-0.15, -0.1) is 0 Å². The lowest BCUT2D eigenvalue weighted by atomic mass is 10.1. The molecule has 8 heteroatoms. The van der Waals surface area contributed by atoms with E-state index in [4.69, 9.17) is 16.6 Å². The molecule has 0 unspecified atom stereocenters. The fraction of sp³-hybridized carbons (Fsp3) is 0.118. The summed E-state index contributed by atoms with van der Waals surface area (Å²) in [7, 11) is 0. The standard InChI is InChI=1S/C17H12BrIN2O3S/c1-8-3-4-13(9(2)5-8)21-16(23)11(15(22)20-17(21)25)6-10-7-12(18)14(19)24-10/h3-7H,1-2H3,(H,20,22,25)/b11-6+. The van der Waals surface area contributed by atoms with Crippen molar-refractivity contribution in [3.8, 4) is 0 Å². The van der Waals surface area contributed by atoms with Gasteiger partial charge in [-0.3, -0.25) is 19.8 Å². The molecule has 1 aromatic heterocycles. The Bertz CT molecular complexity index is 932. The molecule has 2 aromatic rings. The smallest absolute Gasteiger partial charge is 0.270 e. The third-order valence-corrected chi connectivity index (χ3v) is 6.06. The van der Waals surface area contributed by atoms with Crippen LogP contribution in [0.1, 0.15) is 16.9 Å². The van der Waals surface area contributed by atoms with Gasteiger partial charge in [0.25, 0.3) is 11.8 Å². The van der Waals surface area contributed by atoms with E-state index in [1.54, 1.807) is 6.07 Å². The first-order valence-electron chi connectivity index (χ1n) is 7.21. The maximum atomic E-state index is 12.9. The molecule has 0 bridgehead atoms. The number of rotatable bonds is 2. The molecule has 0 spiro atoms. The fourth-order valence-electron chi connectivity index (χ4n) is 2.51. The van der Waals surface area contributed by atoms with Gasteiger partial charge in [-0.2, -0.15) is 0 Å². The summed E-state index contributed by atoms with van der Waals surface area (Å²) in [5.74, 6) is -0.620. The second kappa shape index (κ2) is 7.00. The summed E-state index contributed by atoms with van der Waals surface area (Å²) < 4.78 is 6.89. The zero-order valence-electron chi connectivity index (χ0n) is 13.2. The van der Waals surface area contributed by atoms with E-state index in [-0.39, 0.29) is 10.7 Å². The van der Waals surface area contributed by atoms with Crippen molar-refractivity contribution in [3.05, 3.63) is 55.0 Å². The van der Waals surface area contributed by atoms with Gasteiger partial charge in [0.2, 0.25) is 0 Å². The molecule has 1 aliphatic rings. The zero-order chi connectivity index (χ0) is 18.3. The monoisotopic (exact) mass is 530 g/mol. The second-order valence-corrected chi connectivity index (χ2v) is 7.74. The number of halogens is 2. The van der Waals surface area contributed by atoms with E-state index in [0.717, 1.165) is 15.6 Å². The Morgan fingerprint density at radius 2 is 2.00 bits per heavy atom. The lowest BCUT2D eigenvalue weighted by molar-refractivity contribution is -0.122. The van der Waals surface area contributed by atoms with Crippen LogP contribution >= 0.6 is 50.7 Å². The number of nitrogens with zero attached hydrogens (tertiary/aromatic N) is 1. The van der Waals surface area contributed by atoms with Gasteiger partial charge in [0.15, 0.2) is 8.88 Å². The summed E-state index contributed by atoms with van der Waals surface area (Å²) in [4.78, 5) is 26.5. The molecule has 0 saturated carbocycles. The van der Waals surface area contributed by atoms with Crippen molar-refractivity contribution in [2.45, 2.75) is 13.8 Å². The van der Waals surface area contributed by atoms with Crippen LogP contribution in [0.15, 0.2) is 38.7 Å². The normalized spacial score (nSPS) is 16.6. The Balaban J connectivity index is 2.05. The van der Waals surface area contributed by atoms with Crippen molar-refractivity contribution in [2.75, 3.05) is 4.90 Å². The molecule has 0 radical (unpaired) electrons. The van der Waals surface area contributed by atoms with Crippen LogP contribution in [-0.2, 0) is 9.59 Å². The Hall–Kier alpha value is -1.52. The molecular formula is C17H12BrIN2O3S. The number of amides is 2. The summed E-state index contributed by atoms with van der Waals surface area (Å²) in [5, 5.41) is 2.63. The van der Waals surface area contributed by atoms with Crippen molar-refractivity contribution in [2.24, 2.45) is 0 Å². The third kappa shape index (κ3) is 3.56. The van der Waals surface area contributed by atoms with Crippen LogP contribution in [0, 0.1) is 17.6 Å². The minimum atomic E-state index is -0.543. The van der Waals surface area contributed by atoms with Gasteiger partial charge < -0.3 is 4.42 Å². The molecule has 128 valence electrons. The van der Waals surface area contributed by atoms with E-state index in [9.17, 15) is 9.59 Å². The van der Waals surface area contributed by atoms with Crippen molar-refractivity contribution in [3.63, 3.8) is 0 Å². The molecule has 25 heavy (non-hydrogen) atoms. The zero-order valence-corrected chi connectivity index (χ0v) is 17.8. The van der Waals surface area contributed by atoms with Crippen molar-refractivity contribution in [1.29, 1.82) is 0 Å². The highest BCUT2D eigenvalue weighted by Crippen LogP contribution is 2.28. The van der Waals surface area contributed by atoms with Gasteiger partial charge in [0, 0.05) is 22.6 Å². The molecule has 0 aliphatic carbocycles. The molecule has 1 saturated heterocycles. The molecule has 0 atom stereocenters. The molecule has 1 aliphatic heterocycles. The number of aryl methyl sites for hydroxylation is 2. The summed E-state index contributed by atoms with van der Waals surface area (Å²) >= 11 is 10.6. The Kier molecular flexibility index (Phi) is 5.12. The van der Waals surface area contributed by atoms with Gasteiger partial charge in [0.05, 0.1) is 10.2 Å². The average molecular weight is 531 g/mol. The first kappa shape index (κ1) is 18.3. The molecule has 3 rings (SSSR count). The van der Waals surface area contributed by atoms with Crippen molar-refractivity contribution >= 4 is 79.4 Å². The summed E-state index contributed by atoms with van der Waals surface area (Å²) in [6.07, 6.45) is 1.42. The minimum Gasteiger partial charge on any atom is -0.450 e. The highest BCUT2D eigenvalue weighted by Gasteiger charge is 2.35. The van der Waals surface area contributed by atoms with Crippen LogP contribution in [0.5, 0.6) is 0 Å². The Morgan fingerprint density at radius 3 is 2.60 bits per heavy atom. The Morgan fingerprint density at radius 1 is 1.28 bits per heavy atom. The van der Waals surface area contributed by atoms with E-state index in [0.29, 0.717) is 15.2 Å². The topological polar surface area (TPSA) is 62.6 Å². The van der Waals surface area contributed by atoms with Gasteiger partial charge in [-0.05, 0) is 65.8 Å². The van der Waals surface area contributed by atoms with E-state index < -0.39 is 11.8 Å². The van der Waals surface area contributed by atoms with Crippen LogP contribution in [0.2, 0.25) is 0 Å². The number of hydrogen-bond donors (Lipinski definition) is 1. The quantitative estimate of drug-likeness (QED) is 0.275. The van der Waals surface area contributed by atoms with Crippen LogP contribution in [0.3, 0.4) is 0 Å². The predicted octanol–water partition coefficient (Wildman–Crippen LogP) is 4.09. The first-order valence-corrected chi connectivity index (χ1v) is 9.49. The van der Waals surface area contributed by atoms with E-state index >= 15 is 0 Å². The van der Waals surface area contributed by atoms with Gasteiger partial charge in [-0.1, -0.05) is 17.7 Å². The average Bonchev–Trinajstić information content (AvgIpc) is 2.84. The van der Waals surface area contributed by atoms with Crippen LogP contribution in [0.4, 0.5) is 5.69 Å². The number of hydrogen-bond acceptors (Lipinski definition) is 4. The van der Waals surface area contributed by atoms with Gasteiger partial charge >= 0.3 is 0 Å². The molecule has 2 heterocycles. The van der Waals surface area contributed by atoms with Crippen LogP contribution in [0.25, 0.3) is 6.08 Å². The molecule has 1 fully saturated rings. The first-order chi connectivity index (χ1) is 11.8. The fourth-order valence-corrected chi connectivity index (χ4v) is 3.50. The summed E-state index contributed by atoms with van der Waals surface area (Å²) in [5.41, 5.74) is 2.57. The number of carbonyl (C=O) groups is 2. The molecule has 5 nitrogen and oxygen atoms in total. The number of nitrogens with one attached hydrogen (secondary N) is 1. The number of carbonyl (C=O) groups excluding carboxylic acids is 2. The predicted molar refractivity (Wildman–Crippen MR) is 111 cm³/mol. The van der Waals surface area contributed by atoms with Crippen LogP contribution < -0.4 is 10.2 Å². The van der Waals surface area contributed by atoms with E-state index in [1.807, 2.05) is 54.6 Å². The maximum Gasteiger partial charge on any atom is 0.270 e. The molecule has 1 aromatic carbocycles. The number of furan rings is 1. The van der Waals surface area contributed by atoms with Crippen molar-refractivity contribution < 1.29 is 14.0 Å². The summed E-state index contributed by atoms with van der Waals surface area (Å²) in [6.45, 7) is 3.86. The van der Waals surface area contributed by atoms with Crippen LogP contribution in [-0.4, -0.2) is 16.9 Å². The molecule has 1 N–H and O–H groups in total. The summed E-state index contributed by atoms with van der Waals surface area (Å²) in [6, 6.07) is 7.36. The van der Waals surface area contributed by atoms with Gasteiger partial charge in [-0.25, -0.2) is 0 Å². The molecular weight excluding hydrogens is 519 g/mol. The number of thiocarbonyl (C=S) groups is 1. The third-order valence-electron chi connectivity index (χ3n) is 3.65. The second-order valence-electron chi connectivity index (χ2n) is 5.52. The highest BCUT2D eigenvalue weighted by molar-refractivity contribution is 14.1.